The first kappa shape index (κ1) is 13.0. The number of benzene rings is 1. The van der Waals surface area contributed by atoms with Crippen LogP contribution in [0.4, 0.5) is 5.69 Å². The molecule has 0 heterocycles. The van der Waals surface area contributed by atoms with Crippen LogP contribution in [0.5, 0.6) is 5.75 Å². The van der Waals surface area contributed by atoms with Gasteiger partial charge in [-0.1, -0.05) is 22.9 Å². The predicted molar refractivity (Wildman–Crippen MR) is 69.2 cm³/mol. The van der Waals surface area contributed by atoms with E-state index < -0.39 is 0 Å². The molecule has 0 radical (unpaired) electrons. The number of alkyl halides is 1. The first-order valence-corrected chi connectivity index (χ1v) is 6.40. The lowest BCUT2D eigenvalue weighted by Gasteiger charge is -2.12. The molecule has 0 bridgehead atoms. The third kappa shape index (κ3) is 4.23. The Morgan fingerprint density at radius 2 is 2.06 bits per heavy atom. The Labute approximate surface area is 104 Å². The van der Waals surface area contributed by atoms with Crippen LogP contribution < -0.4 is 10.1 Å². The molecule has 3 nitrogen and oxygen atoms in total. The van der Waals surface area contributed by atoms with E-state index in [-0.39, 0.29) is 12.0 Å². The van der Waals surface area contributed by atoms with Crippen LogP contribution in [0, 0.1) is 0 Å². The molecule has 0 aliphatic rings. The van der Waals surface area contributed by atoms with Crippen molar-refractivity contribution in [3.05, 3.63) is 24.3 Å². The molecule has 0 aromatic heterocycles. The highest BCUT2D eigenvalue weighted by Gasteiger charge is 2.02. The molecule has 1 rings (SSSR count). The highest BCUT2D eigenvalue weighted by molar-refractivity contribution is 9.09. The van der Waals surface area contributed by atoms with Crippen LogP contribution in [0.3, 0.4) is 0 Å². The van der Waals surface area contributed by atoms with Gasteiger partial charge in [0.25, 0.3) is 0 Å². The number of nitrogens with one attached hydrogen (secondary N) is 1. The summed E-state index contributed by atoms with van der Waals surface area (Å²) in [5.41, 5.74) is 0.779. The number of ether oxygens (including phenoxy) is 1. The van der Waals surface area contributed by atoms with Crippen molar-refractivity contribution in [1.29, 1.82) is 0 Å². The Morgan fingerprint density at radius 1 is 1.44 bits per heavy atom. The fourth-order valence-electron chi connectivity index (χ4n) is 1.13. The molecule has 4 heteroatoms. The summed E-state index contributed by atoms with van der Waals surface area (Å²) in [6.45, 7) is 4.11. The molecular formula is C12H16BrNO2. The van der Waals surface area contributed by atoms with E-state index in [0.717, 1.165) is 17.9 Å². The summed E-state index contributed by atoms with van der Waals surface area (Å²) in [7, 11) is 0. The van der Waals surface area contributed by atoms with E-state index in [4.69, 9.17) is 4.74 Å². The highest BCUT2D eigenvalue weighted by Crippen LogP contribution is 2.17. The van der Waals surface area contributed by atoms with Crippen molar-refractivity contribution in [3.8, 4) is 5.75 Å². The van der Waals surface area contributed by atoms with Crippen LogP contribution in [0.2, 0.25) is 0 Å². The van der Waals surface area contributed by atoms with Gasteiger partial charge in [0.05, 0.1) is 11.4 Å². The zero-order valence-electron chi connectivity index (χ0n) is 9.50. The summed E-state index contributed by atoms with van der Waals surface area (Å²) in [5.74, 6) is 0.766. The van der Waals surface area contributed by atoms with Crippen molar-refractivity contribution in [2.75, 3.05) is 10.6 Å². The van der Waals surface area contributed by atoms with Gasteiger partial charge in [0.1, 0.15) is 5.75 Å². The third-order valence-corrected chi connectivity index (χ3v) is 2.68. The predicted octanol–water partition coefficient (Wildman–Crippen LogP) is 3.20. The van der Waals surface area contributed by atoms with Crippen LogP contribution >= 0.6 is 15.9 Å². The SMILES string of the molecule is CCC(C)Oc1ccc(NC(=O)CBr)cc1. The normalized spacial score (nSPS) is 11.9. The van der Waals surface area contributed by atoms with Crippen molar-refractivity contribution in [1.82, 2.24) is 0 Å². The van der Waals surface area contributed by atoms with Crippen LogP contribution in [0.25, 0.3) is 0 Å². The lowest BCUT2D eigenvalue weighted by atomic mass is 10.3. The molecule has 0 spiro atoms. The van der Waals surface area contributed by atoms with Gasteiger partial charge in [0.2, 0.25) is 5.91 Å². The fraction of sp³-hybridized carbons (Fsp3) is 0.417. The Morgan fingerprint density at radius 3 is 2.56 bits per heavy atom. The number of anilines is 1. The highest BCUT2D eigenvalue weighted by atomic mass is 79.9. The molecule has 1 unspecified atom stereocenters. The maximum absolute atomic E-state index is 11.1. The minimum atomic E-state index is -0.0596. The molecule has 0 aliphatic heterocycles. The number of hydrogen-bond donors (Lipinski definition) is 1. The second-order valence-electron chi connectivity index (χ2n) is 3.54. The average molecular weight is 286 g/mol. The topological polar surface area (TPSA) is 38.3 Å². The van der Waals surface area contributed by atoms with Gasteiger partial charge in [-0.15, -0.1) is 0 Å². The number of carbonyl (C=O) groups is 1. The molecule has 1 atom stereocenters. The molecule has 1 aromatic carbocycles. The van der Waals surface area contributed by atoms with Crippen molar-refractivity contribution >= 4 is 27.5 Å². The number of rotatable bonds is 5. The summed E-state index contributed by atoms with van der Waals surface area (Å²) >= 11 is 3.09. The zero-order chi connectivity index (χ0) is 12.0. The summed E-state index contributed by atoms with van der Waals surface area (Å²) in [6, 6.07) is 7.38. The Bertz CT molecular complexity index is 337. The lowest BCUT2D eigenvalue weighted by Crippen LogP contribution is -2.12. The van der Waals surface area contributed by atoms with E-state index in [1.807, 2.05) is 31.2 Å². The minimum Gasteiger partial charge on any atom is -0.491 e. The molecule has 16 heavy (non-hydrogen) atoms. The van der Waals surface area contributed by atoms with Gasteiger partial charge < -0.3 is 10.1 Å². The number of hydrogen-bond acceptors (Lipinski definition) is 2. The maximum atomic E-state index is 11.1. The molecule has 0 saturated heterocycles. The van der Waals surface area contributed by atoms with Gasteiger partial charge in [-0.05, 0) is 37.6 Å². The van der Waals surface area contributed by atoms with Gasteiger partial charge in [0, 0.05) is 5.69 Å². The third-order valence-electron chi connectivity index (χ3n) is 2.17. The average Bonchev–Trinajstić information content (AvgIpc) is 2.31. The van der Waals surface area contributed by atoms with Crippen molar-refractivity contribution in [3.63, 3.8) is 0 Å². The Balaban J connectivity index is 2.57. The summed E-state index contributed by atoms with van der Waals surface area (Å²) in [4.78, 5) is 11.1. The van der Waals surface area contributed by atoms with E-state index >= 15 is 0 Å². The monoisotopic (exact) mass is 285 g/mol. The molecule has 88 valence electrons. The van der Waals surface area contributed by atoms with E-state index in [1.165, 1.54) is 0 Å². The second-order valence-corrected chi connectivity index (χ2v) is 4.10. The van der Waals surface area contributed by atoms with Crippen LogP contribution in [-0.4, -0.2) is 17.3 Å². The number of amides is 1. The standard InChI is InChI=1S/C12H16BrNO2/c1-3-9(2)16-11-6-4-10(5-7-11)14-12(15)8-13/h4-7,9H,3,8H2,1-2H3,(H,14,15). The molecule has 1 amide bonds. The van der Waals surface area contributed by atoms with E-state index in [0.29, 0.717) is 5.33 Å². The van der Waals surface area contributed by atoms with Gasteiger partial charge in [-0.3, -0.25) is 4.79 Å². The largest absolute Gasteiger partial charge is 0.491 e. The smallest absolute Gasteiger partial charge is 0.235 e. The quantitative estimate of drug-likeness (QED) is 0.844. The lowest BCUT2D eigenvalue weighted by molar-refractivity contribution is -0.113. The zero-order valence-corrected chi connectivity index (χ0v) is 11.1. The van der Waals surface area contributed by atoms with Crippen molar-refractivity contribution in [2.45, 2.75) is 26.4 Å². The molecular weight excluding hydrogens is 270 g/mol. The minimum absolute atomic E-state index is 0.0596. The van der Waals surface area contributed by atoms with Crippen molar-refractivity contribution < 1.29 is 9.53 Å². The van der Waals surface area contributed by atoms with Gasteiger partial charge in [-0.25, -0.2) is 0 Å². The van der Waals surface area contributed by atoms with E-state index in [1.54, 1.807) is 0 Å². The van der Waals surface area contributed by atoms with Gasteiger partial charge >= 0.3 is 0 Å². The number of carbonyl (C=O) groups excluding carboxylic acids is 1. The first-order valence-electron chi connectivity index (χ1n) is 5.28. The molecule has 1 aromatic rings. The summed E-state index contributed by atoms with van der Waals surface area (Å²) < 4.78 is 5.63. The molecule has 0 fully saturated rings. The summed E-state index contributed by atoms with van der Waals surface area (Å²) in [6.07, 6.45) is 1.19. The van der Waals surface area contributed by atoms with Crippen LogP contribution in [-0.2, 0) is 4.79 Å². The molecule has 0 aliphatic carbocycles. The van der Waals surface area contributed by atoms with E-state index in [2.05, 4.69) is 28.2 Å². The Hall–Kier alpha value is -1.03. The maximum Gasteiger partial charge on any atom is 0.235 e. The fourth-order valence-corrected chi connectivity index (χ4v) is 1.27. The number of halogens is 1. The van der Waals surface area contributed by atoms with Gasteiger partial charge in [-0.2, -0.15) is 0 Å². The molecule has 1 N–H and O–H groups in total. The van der Waals surface area contributed by atoms with Crippen LogP contribution in [0.1, 0.15) is 20.3 Å². The summed E-state index contributed by atoms with van der Waals surface area (Å²) in [5, 5.41) is 3.05. The van der Waals surface area contributed by atoms with Gasteiger partial charge in [0.15, 0.2) is 0 Å². The van der Waals surface area contributed by atoms with E-state index in [9.17, 15) is 4.79 Å². The first-order chi connectivity index (χ1) is 7.65. The Kier molecular flexibility index (Phi) is 5.32. The molecule has 0 saturated carbocycles. The van der Waals surface area contributed by atoms with Crippen LogP contribution in [0.15, 0.2) is 24.3 Å². The van der Waals surface area contributed by atoms with Crippen molar-refractivity contribution in [2.24, 2.45) is 0 Å². The second kappa shape index (κ2) is 6.53.